The number of hydrogen-bond donors (Lipinski definition) is 1. The van der Waals surface area contributed by atoms with Gasteiger partial charge < -0.3 is 29.0 Å². The number of carbonyl (C=O) groups is 5. The van der Waals surface area contributed by atoms with Gasteiger partial charge in [-0.15, -0.1) is 6.42 Å². The van der Waals surface area contributed by atoms with E-state index >= 15 is 0 Å². The van der Waals surface area contributed by atoms with Gasteiger partial charge in [0.2, 0.25) is 11.7 Å². The molecule has 0 aromatic carbocycles. The summed E-state index contributed by atoms with van der Waals surface area (Å²) in [6, 6.07) is -0.990. The molecule has 170 valence electrons. The number of amides is 1. The summed E-state index contributed by atoms with van der Waals surface area (Å²) < 4.78 is 25.8. The van der Waals surface area contributed by atoms with Crippen molar-refractivity contribution in [2.75, 3.05) is 13.7 Å². The van der Waals surface area contributed by atoms with Gasteiger partial charge in [-0.25, -0.2) is 4.79 Å². The van der Waals surface area contributed by atoms with E-state index < -0.39 is 66.7 Å². The van der Waals surface area contributed by atoms with Gasteiger partial charge in [-0.1, -0.05) is 5.92 Å². The van der Waals surface area contributed by atoms with Crippen molar-refractivity contribution in [1.82, 2.24) is 5.32 Å². The third kappa shape index (κ3) is 7.65. The van der Waals surface area contributed by atoms with Crippen molar-refractivity contribution in [3.8, 4) is 12.3 Å². The molecule has 0 unspecified atom stereocenters. The van der Waals surface area contributed by atoms with Crippen molar-refractivity contribution >= 4 is 29.8 Å². The Morgan fingerprint density at radius 3 is 2.16 bits per heavy atom. The first-order chi connectivity index (χ1) is 14.5. The number of methoxy groups -OCH3 is 1. The molecule has 0 aliphatic carbocycles. The molecule has 0 radical (unpaired) electrons. The smallest absolute Gasteiger partial charge is 0.373 e. The summed E-state index contributed by atoms with van der Waals surface area (Å²) in [5, 5.41) is 2.59. The molecular weight excluding hydrogens is 414 g/mol. The Kier molecular flexibility index (Phi) is 9.53. The van der Waals surface area contributed by atoms with Crippen molar-refractivity contribution in [2.45, 2.75) is 52.0 Å². The lowest BCUT2D eigenvalue weighted by Crippen LogP contribution is -2.59. The number of ether oxygens (including phenoxy) is 5. The van der Waals surface area contributed by atoms with E-state index in [-0.39, 0.29) is 5.76 Å². The topological polar surface area (TPSA) is 144 Å². The third-order valence-corrected chi connectivity index (χ3v) is 4.04. The van der Waals surface area contributed by atoms with E-state index in [4.69, 9.17) is 25.4 Å². The first-order valence-corrected chi connectivity index (χ1v) is 9.17. The van der Waals surface area contributed by atoms with Gasteiger partial charge in [0.15, 0.2) is 18.3 Å². The van der Waals surface area contributed by atoms with Crippen LogP contribution in [-0.4, -0.2) is 67.9 Å². The Hall–Kier alpha value is -3.55. The molecule has 0 spiro atoms. The lowest BCUT2D eigenvalue weighted by Gasteiger charge is -2.40. The molecule has 31 heavy (non-hydrogen) atoms. The standard InChI is InChI=1S/C20H25NO10/c1-7-14-8-15(20(26)27-6)31-19(17(14)21-10(2)22)18(30-13(5)25)16(29-12(4)24)9-28-11(3)23/h1,8,14,16-19H,9H2,2-6H3,(H,21,22)/t14-,16+,17+,18+,19+/m0/s1. The van der Waals surface area contributed by atoms with Crippen molar-refractivity contribution in [1.29, 1.82) is 0 Å². The number of esters is 4. The van der Waals surface area contributed by atoms with Gasteiger partial charge in [0.25, 0.3) is 0 Å². The van der Waals surface area contributed by atoms with Crippen molar-refractivity contribution in [3.05, 3.63) is 11.8 Å². The van der Waals surface area contributed by atoms with E-state index in [0.717, 1.165) is 27.9 Å². The fourth-order valence-electron chi connectivity index (χ4n) is 2.93. The molecule has 0 fully saturated rings. The fourth-order valence-corrected chi connectivity index (χ4v) is 2.93. The highest BCUT2D eigenvalue weighted by Gasteiger charge is 2.47. The monoisotopic (exact) mass is 439 g/mol. The zero-order valence-corrected chi connectivity index (χ0v) is 17.8. The molecule has 1 rings (SSSR count). The molecule has 11 heteroatoms. The molecule has 0 aromatic rings. The summed E-state index contributed by atoms with van der Waals surface area (Å²) in [4.78, 5) is 58.6. The predicted molar refractivity (Wildman–Crippen MR) is 103 cm³/mol. The molecule has 0 saturated carbocycles. The van der Waals surface area contributed by atoms with E-state index in [1.807, 2.05) is 0 Å². The van der Waals surface area contributed by atoms with Crippen LogP contribution in [0.15, 0.2) is 11.8 Å². The van der Waals surface area contributed by atoms with Crippen LogP contribution in [0.5, 0.6) is 0 Å². The Labute approximate surface area is 179 Å². The third-order valence-electron chi connectivity index (χ3n) is 4.04. The van der Waals surface area contributed by atoms with Gasteiger partial charge in [0.05, 0.1) is 19.1 Å². The lowest BCUT2D eigenvalue weighted by molar-refractivity contribution is -0.188. The van der Waals surface area contributed by atoms with Gasteiger partial charge in [0.1, 0.15) is 6.61 Å². The molecule has 0 bridgehead atoms. The van der Waals surface area contributed by atoms with Gasteiger partial charge >= 0.3 is 23.9 Å². The first-order valence-electron chi connectivity index (χ1n) is 9.17. The van der Waals surface area contributed by atoms with E-state index in [1.54, 1.807) is 0 Å². The largest absolute Gasteiger partial charge is 0.477 e. The van der Waals surface area contributed by atoms with Gasteiger partial charge in [-0.2, -0.15) is 0 Å². The van der Waals surface area contributed by atoms with Gasteiger partial charge in [-0.05, 0) is 6.08 Å². The summed E-state index contributed by atoms with van der Waals surface area (Å²) >= 11 is 0. The van der Waals surface area contributed by atoms with Crippen LogP contribution in [-0.2, 0) is 47.7 Å². The van der Waals surface area contributed by atoms with Crippen LogP contribution < -0.4 is 5.32 Å². The summed E-state index contributed by atoms with van der Waals surface area (Å²) in [6.45, 7) is 4.07. The molecule has 1 N–H and O–H groups in total. The maximum absolute atomic E-state index is 12.1. The minimum absolute atomic E-state index is 0.289. The molecule has 0 aromatic heterocycles. The van der Waals surface area contributed by atoms with Crippen LogP contribution in [0.25, 0.3) is 0 Å². The second kappa shape index (κ2) is 11.6. The molecule has 1 amide bonds. The summed E-state index contributed by atoms with van der Waals surface area (Å²) in [7, 11) is 1.12. The number of terminal acetylenes is 1. The summed E-state index contributed by atoms with van der Waals surface area (Å²) in [5.74, 6) is -2.33. The summed E-state index contributed by atoms with van der Waals surface area (Å²) in [5.41, 5.74) is 0. The Balaban J connectivity index is 3.51. The van der Waals surface area contributed by atoms with Crippen LogP contribution in [0.1, 0.15) is 27.7 Å². The quantitative estimate of drug-likeness (QED) is 0.302. The second-order valence-electron chi connectivity index (χ2n) is 6.55. The van der Waals surface area contributed by atoms with Gasteiger partial charge in [0, 0.05) is 27.7 Å². The first kappa shape index (κ1) is 25.5. The predicted octanol–water partition coefficient (Wildman–Crippen LogP) is -0.377. The highest BCUT2D eigenvalue weighted by Crippen LogP contribution is 2.29. The molecular formula is C20H25NO10. The van der Waals surface area contributed by atoms with E-state index in [2.05, 4.69) is 16.0 Å². The Morgan fingerprint density at radius 2 is 1.71 bits per heavy atom. The van der Waals surface area contributed by atoms with Crippen LogP contribution in [0, 0.1) is 18.3 Å². The molecule has 1 heterocycles. The molecule has 0 saturated heterocycles. The highest BCUT2D eigenvalue weighted by atomic mass is 16.6. The van der Waals surface area contributed by atoms with Crippen LogP contribution in [0.2, 0.25) is 0 Å². The normalized spacial score (nSPS) is 21.7. The molecule has 1 aliphatic heterocycles. The highest BCUT2D eigenvalue weighted by molar-refractivity contribution is 5.86. The number of hydrogen-bond acceptors (Lipinski definition) is 10. The van der Waals surface area contributed by atoms with Crippen LogP contribution in [0.3, 0.4) is 0 Å². The minimum atomic E-state index is -1.41. The summed E-state index contributed by atoms with van der Waals surface area (Å²) in [6.07, 6.45) is 2.81. The lowest BCUT2D eigenvalue weighted by atomic mass is 9.87. The zero-order valence-electron chi connectivity index (χ0n) is 17.8. The SMILES string of the molecule is C#C[C@H]1C=C(C(=O)OC)O[C@@H]([C@H](OC(C)=O)[C@@H](COC(C)=O)OC(C)=O)[C@@H]1NC(C)=O. The molecule has 1 aliphatic rings. The average molecular weight is 439 g/mol. The second-order valence-corrected chi connectivity index (χ2v) is 6.55. The number of nitrogens with one attached hydrogen (secondary N) is 1. The fraction of sp³-hybridized carbons (Fsp3) is 0.550. The van der Waals surface area contributed by atoms with Crippen LogP contribution >= 0.6 is 0 Å². The zero-order chi connectivity index (χ0) is 23.7. The van der Waals surface area contributed by atoms with E-state index in [9.17, 15) is 24.0 Å². The van der Waals surface area contributed by atoms with E-state index in [0.29, 0.717) is 0 Å². The molecule has 5 atom stereocenters. The van der Waals surface area contributed by atoms with Gasteiger partial charge in [-0.3, -0.25) is 19.2 Å². The van der Waals surface area contributed by atoms with E-state index in [1.165, 1.54) is 13.0 Å². The van der Waals surface area contributed by atoms with Crippen molar-refractivity contribution in [2.24, 2.45) is 5.92 Å². The molecule has 11 nitrogen and oxygen atoms in total. The van der Waals surface area contributed by atoms with Crippen LogP contribution in [0.4, 0.5) is 0 Å². The average Bonchev–Trinajstić information content (AvgIpc) is 2.68. The van der Waals surface area contributed by atoms with Crippen molar-refractivity contribution < 1.29 is 47.7 Å². The minimum Gasteiger partial charge on any atom is -0.477 e. The number of rotatable bonds is 8. The van der Waals surface area contributed by atoms with Crippen molar-refractivity contribution in [3.63, 3.8) is 0 Å². The maximum Gasteiger partial charge on any atom is 0.373 e. The Morgan fingerprint density at radius 1 is 1.10 bits per heavy atom. The maximum atomic E-state index is 12.1. The number of carbonyl (C=O) groups excluding carboxylic acids is 5. The Bertz CT molecular complexity index is 796.